The Balaban J connectivity index is 3.16. The van der Waals surface area contributed by atoms with Gasteiger partial charge in [0.25, 0.3) is 0 Å². The Kier molecular flexibility index (Phi) is 2.35. The predicted molar refractivity (Wildman–Crippen MR) is 50.7 cm³/mol. The molecule has 0 aliphatic heterocycles. The van der Waals surface area contributed by atoms with E-state index in [0.717, 1.165) is 5.56 Å². The second-order valence-corrected chi connectivity index (χ2v) is 3.00. The molecule has 0 atom stereocenters. The fourth-order valence-corrected chi connectivity index (χ4v) is 0.923. The summed E-state index contributed by atoms with van der Waals surface area (Å²) in [4.78, 5) is 4.01. The van der Waals surface area contributed by atoms with Crippen molar-refractivity contribution in [1.82, 2.24) is 4.98 Å². The summed E-state index contributed by atoms with van der Waals surface area (Å²) in [6, 6.07) is 1.91. The molecule has 0 saturated heterocycles. The van der Waals surface area contributed by atoms with Crippen LogP contribution >= 0.6 is 0 Å². The van der Waals surface area contributed by atoms with Crippen molar-refractivity contribution in [2.45, 2.75) is 19.8 Å². The molecule has 1 aromatic rings. The van der Waals surface area contributed by atoms with E-state index in [1.54, 1.807) is 6.20 Å². The first-order valence-corrected chi connectivity index (χ1v) is 3.87. The summed E-state index contributed by atoms with van der Waals surface area (Å²) >= 11 is 0. The molecule has 1 aromatic heterocycles. The van der Waals surface area contributed by atoms with Gasteiger partial charge in [0.15, 0.2) is 0 Å². The van der Waals surface area contributed by atoms with E-state index < -0.39 is 0 Å². The molecule has 62 valence electrons. The predicted octanol–water partition coefficient (Wildman–Crippen LogP) is 1.77. The zero-order chi connectivity index (χ0) is 9.14. The van der Waals surface area contributed by atoms with Crippen molar-refractivity contribution in [3.05, 3.63) is 23.4 Å². The molecule has 0 unspecified atom stereocenters. The Labute approximate surface area is 72.8 Å². The third-order valence-corrected chi connectivity index (χ3v) is 1.76. The minimum atomic E-state index is 0.432. The van der Waals surface area contributed by atoms with Crippen LogP contribution < -0.4 is 5.73 Å². The van der Waals surface area contributed by atoms with Crippen LogP contribution in [0.1, 0.15) is 30.9 Å². The largest absolute Gasteiger partial charge is 0.383 e. The zero-order valence-corrected chi connectivity index (χ0v) is 7.33. The Bertz CT molecular complexity index is 321. The molecule has 1 rings (SSSR count). The monoisotopic (exact) mass is 160 g/mol. The molecule has 0 spiro atoms. The Hall–Kier alpha value is -1.49. The lowest BCUT2D eigenvalue weighted by Crippen LogP contribution is -1.97. The lowest BCUT2D eigenvalue weighted by molar-refractivity contribution is 0.858. The number of nitrogen functional groups attached to an aromatic ring is 1. The molecule has 0 amide bonds. The summed E-state index contributed by atoms with van der Waals surface area (Å²) in [5, 5.41) is 0. The Morgan fingerprint density at radius 3 is 2.75 bits per heavy atom. The number of hydrogen-bond donors (Lipinski definition) is 1. The van der Waals surface area contributed by atoms with Gasteiger partial charge in [-0.1, -0.05) is 19.8 Å². The van der Waals surface area contributed by atoms with Crippen LogP contribution in [0.15, 0.2) is 12.3 Å². The van der Waals surface area contributed by atoms with Crippen LogP contribution in [0.5, 0.6) is 0 Å². The molecule has 2 nitrogen and oxygen atoms in total. The van der Waals surface area contributed by atoms with Gasteiger partial charge in [0.05, 0.1) is 5.56 Å². The molecule has 0 aliphatic carbocycles. The normalized spacial score (nSPS) is 9.83. The van der Waals surface area contributed by atoms with Gasteiger partial charge < -0.3 is 5.73 Å². The van der Waals surface area contributed by atoms with Crippen LogP contribution in [-0.2, 0) is 0 Å². The van der Waals surface area contributed by atoms with Gasteiger partial charge in [-0.3, -0.25) is 0 Å². The molecule has 2 heteroatoms. The number of anilines is 1. The summed E-state index contributed by atoms with van der Waals surface area (Å²) in [7, 11) is 0. The van der Waals surface area contributed by atoms with Gasteiger partial charge in [0.2, 0.25) is 0 Å². The number of pyridine rings is 1. The van der Waals surface area contributed by atoms with Crippen LogP contribution in [0.3, 0.4) is 0 Å². The lowest BCUT2D eigenvalue weighted by Gasteiger charge is -2.05. The highest BCUT2D eigenvalue weighted by Crippen LogP contribution is 2.16. The van der Waals surface area contributed by atoms with Crippen LogP contribution in [0.4, 0.5) is 5.82 Å². The first-order chi connectivity index (χ1) is 5.65. The maximum absolute atomic E-state index is 5.55. The molecular formula is C10H12N2. The van der Waals surface area contributed by atoms with Crippen LogP contribution in [0.2, 0.25) is 0 Å². The molecular weight excluding hydrogens is 148 g/mol. The van der Waals surface area contributed by atoms with E-state index >= 15 is 0 Å². The quantitative estimate of drug-likeness (QED) is 0.636. The molecule has 0 saturated carbocycles. The van der Waals surface area contributed by atoms with Gasteiger partial charge in [-0.05, 0) is 17.5 Å². The summed E-state index contributed by atoms with van der Waals surface area (Å²) in [5.74, 6) is 3.37. The second kappa shape index (κ2) is 3.27. The smallest absolute Gasteiger partial charge is 0.139 e. The van der Waals surface area contributed by atoms with Crippen molar-refractivity contribution in [2.24, 2.45) is 0 Å². The number of nitrogens with two attached hydrogens (primary N) is 1. The number of aromatic nitrogens is 1. The Morgan fingerprint density at radius 1 is 1.58 bits per heavy atom. The molecule has 0 aliphatic rings. The minimum Gasteiger partial charge on any atom is -0.383 e. The number of terminal acetylenes is 1. The minimum absolute atomic E-state index is 0.432. The average molecular weight is 160 g/mol. The van der Waals surface area contributed by atoms with E-state index in [1.807, 2.05) is 6.07 Å². The summed E-state index contributed by atoms with van der Waals surface area (Å²) in [6.45, 7) is 4.18. The van der Waals surface area contributed by atoms with E-state index in [0.29, 0.717) is 17.3 Å². The van der Waals surface area contributed by atoms with Crippen molar-refractivity contribution in [1.29, 1.82) is 0 Å². The van der Waals surface area contributed by atoms with Gasteiger partial charge in [-0.2, -0.15) is 0 Å². The fourth-order valence-electron chi connectivity index (χ4n) is 0.923. The van der Waals surface area contributed by atoms with E-state index in [9.17, 15) is 0 Å². The van der Waals surface area contributed by atoms with E-state index in [4.69, 9.17) is 12.2 Å². The van der Waals surface area contributed by atoms with Crippen molar-refractivity contribution in [3.63, 3.8) is 0 Å². The number of hydrogen-bond acceptors (Lipinski definition) is 2. The fraction of sp³-hybridized carbons (Fsp3) is 0.300. The first-order valence-electron chi connectivity index (χ1n) is 3.87. The highest BCUT2D eigenvalue weighted by Gasteiger charge is 2.02. The molecule has 0 bridgehead atoms. The zero-order valence-electron chi connectivity index (χ0n) is 7.33. The molecule has 0 fully saturated rings. The highest BCUT2D eigenvalue weighted by atomic mass is 14.8. The van der Waals surface area contributed by atoms with Gasteiger partial charge in [0, 0.05) is 6.20 Å². The van der Waals surface area contributed by atoms with Gasteiger partial charge in [0.1, 0.15) is 5.82 Å². The standard InChI is InChI=1S/C10H12N2/c1-4-8-5-9(7(2)3)6-12-10(8)11/h1,5-7H,2-3H3,(H2,11,12). The van der Waals surface area contributed by atoms with Gasteiger partial charge in [-0.25, -0.2) is 4.98 Å². The van der Waals surface area contributed by atoms with Crippen molar-refractivity contribution in [3.8, 4) is 12.3 Å². The topological polar surface area (TPSA) is 38.9 Å². The lowest BCUT2D eigenvalue weighted by atomic mass is 10.0. The number of nitrogens with zero attached hydrogens (tertiary/aromatic N) is 1. The van der Waals surface area contributed by atoms with E-state index in [1.165, 1.54) is 0 Å². The molecule has 1 heterocycles. The van der Waals surface area contributed by atoms with Crippen LogP contribution in [0, 0.1) is 12.3 Å². The molecule has 2 N–H and O–H groups in total. The highest BCUT2D eigenvalue weighted by molar-refractivity contribution is 5.51. The summed E-state index contributed by atoms with van der Waals surface area (Å²) in [6.07, 6.45) is 7.01. The van der Waals surface area contributed by atoms with Crippen LogP contribution in [-0.4, -0.2) is 4.98 Å². The maximum atomic E-state index is 5.55. The number of rotatable bonds is 1. The van der Waals surface area contributed by atoms with Crippen LogP contribution in [0.25, 0.3) is 0 Å². The van der Waals surface area contributed by atoms with Crippen molar-refractivity contribution < 1.29 is 0 Å². The van der Waals surface area contributed by atoms with Crippen molar-refractivity contribution >= 4 is 5.82 Å². The van der Waals surface area contributed by atoms with Gasteiger partial charge in [-0.15, -0.1) is 6.42 Å². The Morgan fingerprint density at radius 2 is 2.25 bits per heavy atom. The van der Waals surface area contributed by atoms with E-state index in [2.05, 4.69) is 24.8 Å². The molecule has 0 radical (unpaired) electrons. The third kappa shape index (κ3) is 1.57. The average Bonchev–Trinajstić information content (AvgIpc) is 2.05. The third-order valence-electron chi connectivity index (χ3n) is 1.76. The van der Waals surface area contributed by atoms with Crippen molar-refractivity contribution in [2.75, 3.05) is 5.73 Å². The van der Waals surface area contributed by atoms with Gasteiger partial charge >= 0.3 is 0 Å². The SMILES string of the molecule is C#Cc1cc(C(C)C)cnc1N. The van der Waals surface area contributed by atoms with E-state index in [-0.39, 0.29) is 0 Å². The molecule has 0 aromatic carbocycles. The summed E-state index contributed by atoms with van der Waals surface area (Å²) < 4.78 is 0. The first kappa shape index (κ1) is 8.61. The summed E-state index contributed by atoms with van der Waals surface area (Å²) in [5.41, 5.74) is 7.35. The molecule has 12 heavy (non-hydrogen) atoms. The maximum Gasteiger partial charge on any atom is 0.139 e. The second-order valence-electron chi connectivity index (χ2n) is 3.00.